The molecule has 0 amide bonds. The van der Waals surface area contributed by atoms with Crippen LogP contribution in [0.1, 0.15) is 118 Å². The molecule has 2 fully saturated rings. The fourth-order valence-electron chi connectivity index (χ4n) is 3.05. The number of carbonyl (C=O) groups is 4. The van der Waals surface area contributed by atoms with Gasteiger partial charge in [0.2, 0.25) is 0 Å². The molecule has 8 nitrogen and oxygen atoms in total. The zero-order chi connectivity index (χ0) is 27.6. The smallest absolute Gasteiger partial charge is 0.331 e. The van der Waals surface area contributed by atoms with Crippen molar-refractivity contribution in [2.24, 2.45) is 0 Å². The van der Waals surface area contributed by atoms with Gasteiger partial charge in [0, 0.05) is 48.2 Å². The molecule has 2 aliphatic rings. The van der Waals surface area contributed by atoms with Crippen LogP contribution < -0.4 is 0 Å². The molecule has 4 radical (unpaired) electrons. The standard InChI is InChI=1S/2C10H14O4.2C4H10.Sn/c2*11-9(12)6-7-10(13)14-8-4-2-1-3-5-8;2*1-3-4-2;/h2*6-8H,1-5H2,(H,11,12);2*3-4H2,1-2H3;/b2*7-6-;;;. The Morgan fingerprint density at radius 1 is 0.568 bits per heavy atom. The van der Waals surface area contributed by atoms with E-state index in [4.69, 9.17) is 19.7 Å². The maximum absolute atomic E-state index is 11.0. The molecule has 0 aromatic rings. The number of hydrogen-bond donors (Lipinski definition) is 2. The summed E-state index contributed by atoms with van der Waals surface area (Å²) in [4.78, 5) is 42.3. The molecule has 2 N–H and O–H groups in total. The molecule has 0 aliphatic heterocycles. The van der Waals surface area contributed by atoms with Crippen LogP contribution in [0.3, 0.4) is 0 Å². The molecular formula is C28H48O8Sn. The number of esters is 2. The van der Waals surface area contributed by atoms with Crippen molar-refractivity contribution in [1.82, 2.24) is 0 Å². The average Bonchev–Trinajstić information content (AvgIpc) is 2.88. The van der Waals surface area contributed by atoms with Crippen LogP contribution in [0, 0.1) is 0 Å². The van der Waals surface area contributed by atoms with Crippen molar-refractivity contribution in [1.29, 1.82) is 0 Å². The predicted octanol–water partition coefficient (Wildman–Crippen LogP) is 6.24. The van der Waals surface area contributed by atoms with Gasteiger partial charge in [-0.05, 0) is 51.4 Å². The summed E-state index contributed by atoms with van der Waals surface area (Å²) in [6.45, 7) is 8.72. The van der Waals surface area contributed by atoms with E-state index in [1.165, 1.54) is 38.5 Å². The number of ether oxygens (including phenoxy) is 2. The first-order valence-corrected chi connectivity index (χ1v) is 13.4. The molecule has 0 heterocycles. The Bertz CT molecular complexity index is 589. The minimum Gasteiger partial charge on any atom is -0.478 e. The zero-order valence-electron chi connectivity index (χ0n) is 23.2. The first-order chi connectivity index (χ1) is 17.2. The van der Waals surface area contributed by atoms with Crippen molar-refractivity contribution in [2.45, 2.75) is 130 Å². The first-order valence-electron chi connectivity index (χ1n) is 13.4. The minimum atomic E-state index is -1.13. The monoisotopic (exact) mass is 632 g/mol. The molecule has 2 aliphatic carbocycles. The topological polar surface area (TPSA) is 127 Å². The third-order valence-corrected chi connectivity index (χ3v) is 5.39. The van der Waals surface area contributed by atoms with Gasteiger partial charge in [0.1, 0.15) is 12.2 Å². The molecule has 0 aromatic carbocycles. The number of aliphatic carboxylic acids is 2. The summed E-state index contributed by atoms with van der Waals surface area (Å²) >= 11 is 0. The van der Waals surface area contributed by atoms with Crippen molar-refractivity contribution in [3.8, 4) is 0 Å². The van der Waals surface area contributed by atoms with Gasteiger partial charge in [-0.25, -0.2) is 19.2 Å². The molecule has 9 heteroatoms. The second kappa shape index (κ2) is 28.7. The van der Waals surface area contributed by atoms with Gasteiger partial charge in [0.25, 0.3) is 0 Å². The minimum absolute atomic E-state index is 0. The average molecular weight is 631 g/mol. The quantitative estimate of drug-likeness (QED) is 0.183. The summed E-state index contributed by atoms with van der Waals surface area (Å²) in [6, 6.07) is 0. The van der Waals surface area contributed by atoms with Crippen molar-refractivity contribution in [3.05, 3.63) is 24.3 Å². The molecule has 0 saturated heterocycles. The summed E-state index contributed by atoms with van der Waals surface area (Å²) in [5.41, 5.74) is 0. The molecule has 0 atom stereocenters. The van der Waals surface area contributed by atoms with Crippen molar-refractivity contribution < 1.29 is 38.9 Å². The zero-order valence-corrected chi connectivity index (χ0v) is 26.1. The van der Waals surface area contributed by atoms with E-state index in [1.54, 1.807) is 0 Å². The van der Waals surface area contributed by atoms with Crippen LogP contribution in [0.2, 0.25) is 0 Å². The van der Waals surface area contributed by atoms with Gasteiger partial charge in [-0.3, -0.25) is 0 Å². The summed E-state index contributed by atoms with van der Waals surface area (Å²) in [5, 5.41) is 16.5. The number of rotatable bonds is 8. The van der Waals surface area contributed by atoms with Gasteiger partial charge in [0.15, 0.2) is 0 Å². The fraction of sp³-hybridized carbons (Fsp3) is 0.714. The SMILES string of the molecule is CCCC.CCCC.O=C(O)/C=C\C(=O)OC1CCCCC1.O=C(O)/C=C\C(=O)OC1CCCCC1.[Sn]. The second-order valence-electron chi connectivity index (χ2n) is 8.74. The van der Waals surface area contributed by atoms with Gasteiger partial charge in [-0.15, -0.1) is 0 Å². The summed E-state index contributed by atoms with van der Waals surface area (Å²) in [6.07, 6.45) is 19.0. The molecule has 0 unspecified atom stereocenters. The maximum atomic E-state index is 11.0. The fourth-order valence-corrected chi connectivity index (χ4v) is 3.05. The van der Waals surface area contributed by atoms with Crippen LogP contribution in [0.25, 0.3) is 0 Å². The molecule has 2 rings (SSSR count). The van der Waals surface area contributed by atoms with Crippen LogP contribution in [0.15, 0.2) is 24.3 Å². The van der Waals surface area contributed by atoms with Crippen LogP contribution >= 0.6 is 0 Å². The van der Waals surface area contributed by atoms with Crippen LogP contribution in [-0.2, 0) is 28.7 Å². The molecule has 2 saturated carbocycles. The van der Waals surface area contributed by atoms with Crippen LogP contribution in [-0.4, -0.2) is 70.2 Å². The van der Waals surface area contributed by atoms with E-state index in [2.05, 4.69) is 27.7 Å². The predicted molar refractivity (Wildman–Crippen MR) is 146 cm³/mol. The third-order valence-electron chi connectivity index (χ3n) is 5.39. The largest absolute Gasteiger partial charge is 0.478 e. The van der Waals surface area contributed by atoms with E-state index in [-0.39, 0.29) is 36.1 Å². The van der Waals surface area contributed by atoms with E-state index in [1.807, 2.05) is 0 Å². The summed E-state index contributed by atoms with van der Waals surface area (Å²) in [5.74, 6) is -3.38. The van der Waals surface area contributed by atoms with Crippen LogP contribution in [0.5, 0.6) is 0 Å². The van der Waals surface area contributed by atoms with E-state index in [9.17, 15) is 19.2 Å². The number of carboxylic acid groups (broad SMARTS) is 2. The van der Waals surface area contributed by atoms with Gasteiger partial charge in [-0.1, -0.05) is 66.2 Å². The number of carbonyl (C=O) groups excluding carboxylic acids is 2. The molecule has 37 heavy (non-hydrogen) atoms. The summed E-state index contributed by atoms with van der Waals surface area (Å²) in [7, 11) is 0. The van der Waals surface area contributed by atoms with Crippen molar-refractivity contribution in [2.75, 3.05) is 0 Å². The van der Waals surface area contributed by atoms with Gasteiger partial charge in [0.05, 0.1) is 0 Å². The van der Waals surface area contributed by atoms with Crippen molar-refractivity contribution >= 4 is 47.8 Å². The van der Waals surface area contributed by atoms with E-state index in [0.29, 0.717) is 0 Å². The first kappa shape index (κ1) is 39.7. The Morgan fingerprint density at radius 2 is 0.838 bits per heavy atom. The van der Waals surface area contributed by atoms with E-state index < -0.39 is 23.9 Å². The Kier molecular flexibility index (Phi) is 30.8. The Morgan fingerprint density at radius 3 is 1.05 bits per heavy atom. The maximum Gasteiger partial charge on any atom is 0.331 e. The molecule has 0 spiro atoms. The number of unbranched alkanes of at least 4 members (excludes halogenated alkanes) is 2. The molecule has 212 valence electrons. The molecular weight excluding hydrogens is 583 g/mol. The number of carboxylic acids is 2. The normalized spacial score (nSPS) is 15.5. The van der Waals surface area contributed by atoms with E-state index >= 15 is 0 Å². The Labute approximate surface area is 240 Å². The van der Waals surface area contributed by atoms with E-state index in [0.717, 1.165) is 75.7 Å². The second-order valence-corrected chi connectivity index (χ2v) is 8.74. The van der Waals surface area contributed by atoms with Gasteiger partial charge < -0.3 is 19.7 Å². The van der Waals surface area contributed by atoms with Crippen molar-refractivity contribution in [3.63, 3.8) is 0 Å². The number of hydrogen-bond acceptors (Lipinski definition) is 6. The Hall–Kier alpha value is -1.84. The molecule has 0 aromatic heterocycles. The van der Waals surface area contributed by atoms with Gasteiger partial charge >= 0.3 is 23.9 Å². The third kappa shape index (κ3) is 30.3. The Balaban J connectivity index is -0.000000476. The van der Waals surface area contributed by atoms with Gasteiger partial charge in [-0.2, -0.15) is 0 Å². The summed E-state index contributed by atoms with van der Waals surface area (Å²) < 4.78 is 10.1. The van der Waals surface area contributed by atoms with Crippen LogP contribution in [0.4, 0.5) is 0 Å². The molecule has 0 bridgehead atoms.